The number of hydrogen-bond acceptors (Lipinski definition) is 3. The van der Waals surface area contributed by atoms with Crippen molar-refractivity contribution in [1.82, 2.24) is 15.1 Å². The van der Waals surface area contributed by atoms with Gasteiger partial charge in [-0.05, 0) is 73.3 Å². The van der Waals surface area contributed by atoms with Crippen LogP contribution in [0.1, 0.15) is 85.0 Å². The largest absolute Gasteiger partial charge is 0.446 e. The van der Waals surface area contributed by atoms with Crippen LogP contribution < -0.4 is 5.32 Å². The number of ether oxygens (including phenoxy) is 1. The molecule has 2 atom stereocenters. The van der Waals surface area contributed by atoms with E-state index in [-0.39, 0.29) is 23.3 Å². The van der Waals surface area contributed by atoms with Crippen LogP contribution in [0.5, 0.6) is 0 Å². The second-order valence-electron chi connectivity index (χ2n) is 8.91. The average Bonchev–Trinajstić information content (AvgIpc) is 3.01. The molecule has 0 spiro atoms. The summed E-state index contributed by atoms with van der Waals surface area (Å²) >= 11 is 0. The van der Waals surface area contributed by atoms with Gasteiger partial charge in [0, 0.05) is 17.2 Å². The highest BCUT2D eigenvalue weighted by molar-refractivity contribution is 5.68. The van der Waals surface area contributed by atoms with Gasteiger partial charge >= 0.3 is 6.09 Å². The first-order valence-corrected chi connectivity index (χ1v) is 9.07. The minimum Gasteiger partial charge on any atom is -0.446 e. The third kappa shape index (κ3) is 4.74. The van der Waals surface area contributed by atoms with E-state index in [1.807, 2.05) is 20.8 Å². The SMILES string of the molecule is CCc1cc([C@H]2CC[C@@H](OC(=O)NC(C)(C)C)C2)nn1C(C)(C)C. The van der Waals surface area contributed by atoms with Crippen molar-refractivity contribution in [3.8, 4) is 0 Å². The van der Waals surface area contributed by atoms with E-state index in [1.54, 1.807) is 0 Å². The molecular weight excluding hydrogens is 302 g/mol. The highest BCUT2D eigenvalue weighted by Gasteiger charge is 2.32. The molecule has 5 heteroatoms. The van der Waals surface area contributed by atoms with Crippen molar-refractivity contribution in [1.29, 1.82) is 0 Å². The fraction of sp³-hybridized carbons (Fsp3) is 0.789. The summed E-state index contributed by atoms with van der Waals surface area (Å²) in [5.41, 5.74) is 2.14. The molecule has 1 aromatic rings. The molecule has 0 bridgehead atoms. The van der Waals surface area contributed by atoms with Crippen molar-refractivity contribution in [2.24, 2.45) is 0 Å². The van der Waals surface area contributed by atoms with E-state index in [4.69, 9.17) is 9.84 Å². The molecule has 0 radical (unpaired) electrons. The zero-order valence-electron chi connectivity index (χ0n) is 16.3. The molecule has 0 unspecified atom stereocenters. The minimum absolute atomic E-state index is 0.00923. The summed E-state index contributed by atoms with van der Waals surface area (Å²) in [6, 6.07) is 2.23. The smallest absolute Gasteiger partial charge is 0.407 e. The summed E-state index contributed by atoms with van der Waals surface area (Å²) < 4.78 is 7.73. The number of carbonyl (C=O) groups is 1. The molecule has 1 N–H and O–H groups in total. The summed E-state index contributed by atoms with van der Waals surface area (Å²) in [6.45, 7) is 14.6. The molecule has 0 aromatic carbocycles. The van der Waals surface area contributed by atoms with Crippen LogP contribution >= 0.6 is 0 Å². The first-order valence-electron chi connectivity index (χ1n) is 9.07. The van der Waals surface area contributed by atoms with Crippen molar-refractivity contribution in [3.63, 3.8) is 0 Å². The number of amides is 1. The van der Waals surface area contributed by atoms with E-state index >= 15 is 0 Å². The fourth-order valence-corrected chi connectivity index (χ4v) is 3.28. The van der Waals surface area contributed by atoms with Gasteiger partial charge in [0.15, 0.2) is 0 Å². The van der Waals surface area contributed by atoms with Gasteiger partial charge in [0.05, 0.1) is 11.2 Å². The maximum Gasteiger partial charge on any atom is 0.407 e. The van der Waals surface area contributed by atoms with E-state index in [2.05, 4.69) is 43.8 Å². The summed E-state index contributed by atoms with van der Waals surface area (Å²) in [7, 11) is 0. The maximum absolute atomic E-state index is 11.9. The van der Waals surface area contributed by atoms with Crippen molar-refractivity contribution in [3.05, 3.63) is 17.5 Å². The Balaban J connectivity index is 2.01. The Hall–Kier alpha value is -1.52. The van der Waals surface area contributed by atoms with Crippen LogP contribution in [-0.2, 0) is 16.7 Å². The second kappa shape index (κ2) is 6.77. The van der Waals surface area contributed by atoms with Crippen LogP contribution in [0.25, 0.3) is 0 Å². The van der Waals surface area contributed by atoms with E-state index in [1.165, 1.54) is 5.69 Å². The fourth-order valence-electron chi connectivity index (χ4n) is 3.28. The van der Waals surface area contributed by atoms with Gasteiger partial charge in [-0.3, -0.25) is 4.68 Å². The number of carbonyl (C=O) groups excluding carboxylic acids is 1. The topological polar surface area (TPSA) is 56.1 Å². The van der Waals surface area contributed by atoms with Crippen LogP contribution in [0.15, 0.2) is 6.07 Å². The van der Waals surface area contributed by atoms with Crippen LogP contribution in [-0.4, -0.2) is 27.5 Å². The van der Waals surface area contributed by atoms with Crippen molar-refractivity contribution >= 4 is 6.09 Å². The number of rotatable bonds is 3. The van der Waals surface area contributed by atoms with Gasteiger partial charge in [-0.15, -0.1) is 0 Å². The first-order chi connectivity index (χ1) is 11.0. The number of nitrogens with zero attached hydrogens (tertiary/aromatic N) is 2. The van der Waals surface area contributed by atoms with Crippen LogP contribution in [0.4, 0.5) is 4.79 Å². The first kappa shape index (κ1) is 18.8. The van der Waals surface area contributed by atoms with Crippen LogP contribution in [0.2, 0.25) is 0 Å². The molecule has 0 aliphatic heterocycles. The summed E-state index contributed by atoms with van der Waals surface area (Å²) in [4.78, 5) is 11.9. The summed E-state index contributed by atoms with van der Waals surface area (Å²) in [5.74, 6) is 0.381. The zero-order valence-corrected chi connectivity index (χ0v) is 16.3. The lowest BCUT2D eigenvalue weighted by Gasteiger charge is -2.22. The summed E-state index contributed by atoms with van der Waals surface area (Å²) in [6.07, 6.45) is 3.45. The Labute approximate surface area is 146 Å². The molecule has 5 nitrogen and oxygen atoms in total. The number of aryl methyl sites for hydroxylation is 1. The summed E-state index contributed by atoms with van der Waals surface area (Å²) in [5, 5.41) is 7.73. The monoisotopic (exact) mass is 335 g/mol. The lowest BCUT2D eigenvalue weighted by atomic mass is 10.0. The molecule has 0 saturated heterocycles. The van der Waals surface area contributed by atoms with Gasteiger partial charge in [0.1, 0.15) is 6.10 Å². The average molecular weight is 335 g/mol. The van der Waals surface area contributed by atoms with Crippen molar-refractivity contribution < 1.29 is 9.53 Å². The van der Waals surface area contributed by atoms with E-state index in [0.717, 1.165) is 31.4 Å². The number of hydrogen-bond donors (Lipinski definition) is 1. The Morgan fingerprint density at radius 3 is 2.46 bits per heavy atom. The molecule has 1 aliphatic rings. The number of aromatic nitrogens is 2. The predicted molar refractivity (Wildman–Crippen MR) is 96.4 cm³/mol. The molecule has 1 saturated carbocycles. The van der Waals surface area contributed by atoms with Gasteiger partial charge in [-0.1, -0.05) is 6.92 Å². The van der Waals surface area contributed by atoms with Crippen molar-refractivity contribution in [2.45, 2.75) is 97.2 Å². The Morgan fingerprint density at radius 2 is 1.96 bits per heavy atom. The second-order valence-corrected chi connectivity index (χ2v) is 8.91. The quantitative estimate of drug-likeness (QED) is 0.893. The predicted octanol–water partition coefficient (Wildman–Crippen LogP) is 4.36. The molecule has 1 aliphatic carbocycles. The number of alkyl carbamates (subject to hydrolysis) is 1. The molecule has 2 rings (SSSR count). The van der Waals surface area contributed by atoms with E-state index < -0.39 is 0 Å². The molecule has 1 heterocycles. The van der Waals surface area contributed by atoms with Gasteiger partial charge in [-0.2, -0.15) is 5.10 Å². The van der Waals surface area contributed by atoms with Gasteiger partial charge < -0.3 is 10.1 Å². The third-order valence-corrected chi connectivity index (χ3v) is 4.35. The molecule has 1 amide bonds. The Kier molecular flexibility index (Phi) is 5.31. The van der Waals surface area contributed by atoms with E-state index in [9.17, 15) is 4.79 Å². The molecule has 1 aromatic heterocycles. The normalized spacial score (nSPS) is 21.8. The minimum atomic E-state index is -0.317. The highest BCUT2D eigenvalue weighted by atomic mass is 16.6. The molecular formula is C19H33N3O2. The lowest BCUT2D eigenvalue weighted by molar-refractivity contribution is 0.0936. The van der Waals surface area contributed by atoms with Crippen LogP contribution in [0.3, 0.4) is 0 Å². The maximum atomic E-state index is 11.9. The zero-order chi connectivity index (χ0) is 18.1. The lowest BCUT2D eigenvalue weighted by Crippen LogP contribution is -2.42. The third-order valence-electron chi connectivity index (χ3n) is 4.35. The number of nitrogens with one attached hydrogen (secondary N) is 1. The Bertz CT molecular complexity index is 578. The molecule has 136 valence electrons. The van der Waals surface area contributed by atoms with Gasteiger partial charge in [0.25, 0.3) is 0 Å². The van der Waals surface area contributed by atoms with E-state index in [0.29, 0.717) is 5.92 Å². The molecule has 1 fully saturated rings. The standard InChI is InChI=1S/C19H33N3O2/c1-8-14-12-16(21-22(14)19(5,6)7)13-9-10-15(11-13)24-17(23)20-18(2,3)4/h12-13,15H,8-11H2,1-7H3,(H,20,23)/t13-,15+/m0/s1. The molecule has 24 heavy (non-hydrogen) atoms. The van der Waals surface area contributed by atoms with Gasteiger partial charge in [0.2, 0.25) is 0 Å². The highest BCUT2D eigenvalue weighted by Crippen LogP contribution is 2.36. The van der Waals surface area contributed by atoms with Gasteiger partial charge in [-0.25, -0.2) is 4.79 Å². The Morgan fingerprint density at radius 1 is 1.29 bits per heavy atom. The van der Waals surface area contributed by atoms with Crippen LogP contribution in [0, 0.1) is 0 Å². The van der Waals surface area contributed by atoms with Crippen molar-refractivity contribution in [2.75, 3.05) is 0 Å².